The van der Waals surface area contributed by atoms with E-state index in [0.717, 1.165) is 17.0 Å². The predicted octanol–water partition coefficient (Wildman–Crippen LogP) is 4.63. The minimum atomic E-state index is -0.140. The third kappa shape index (κ3) is 3.69. The van der Waals surface area contributed by atoms with Crippen LogP contribution in [0, 0.1) is 0 Å². The predicted molar refractivity (Wildman–Crippen MR) is 102 cm³/mol. The Balaban J connectivity index is 1.83. The minimum Gasteiger partial charge on any atom is -0.493 e. The van der Waals surface area contributed by atoms with Gasteiger partial charge in [-0.3, -0.25) is 4.90 Å². The normalized spacial score (nSPS) is 16.1. The molecule has 1 atom stereocenters. The second-order valence-electron chi connectivity index (χ2n) is 5.73. The molecule has 25 heavy (non-hydrogen) atoms. The molecule has 0 saturated carbocycles. The molecule has 2 aromatic rings. The first kappa shape index (κ1) is 17.5. The van der Waals surface area contributed by atoms with Crippen molar-refractivity contribution in [3.63, 3.8) is 0 Å². The van der Waals surface area contributed by atoms with Gasteiger partial charge in [0.2, 0.25) is 0 Å². The Morgan fingerprint density at radius 2 is 1.96 bits per heavy atom. The first-order valence-corrected chi connectivity index (χ1v) is 9.10. The summed E-state index contributed by atoms with van der Waals surface area (Å²) < 4.78 is 10.5. The van der Waals surface area contributed by atoms with Gasteiger partial charge in [-0.1, -0.05) is 19.1 Å². The Labute approximate surface area is 152 Å². The number of hydrogen-bond donors (Lipinski definition) is 1. The minimum absolute atomic E-state index is 0.140. The molecular formula is C19H22N2O3S. The van der Waals surface area contributed by atoms with Crippen LogP contribution in [0.5, 0.6) is 11.5 Å². The second kappa shape index (κ2) is 7.70. The number of methoxy groups -OCH3 is 2. The molecular weight excluding hydrogens is 336 g/mol. The number of carbonyl (C=O) groups is 1. The molecule has 132 valence electrons. The van der Waals surface area contributed by atoms with Gasteiger partial charge in [0.05, 0.1) is 19.9 Å². The summed E-state index contributed by atoms with van der Waals surface area (Å²) in [6.45, 7) is 2.84. The summed E-state index contributed by atoms with van der Waals surface area (Å²) in [6.07, 6.45) is 1.01. The molecule has 6 heteroatoms. The van der Waals surface area contributed by atoms with E-state index in [1.807, 2.05) is 34.9 Å². The Morgan fingerprint density at radius 1 is 1.20 bits per heavy atom. The van der Waals surface area contributed by atoms with Crippen molar-refractivity contribution in [2.75, 3.05) is 31.0 Å². The summed E-state index contributed by atoms with van der Waals surface area (Å²) in [7, 11) is 3.16. The van der Waals surface area contributed by atoms with E-state index in [9.17, 15) is 4.79 Å². The molecule has 0 fully saturated rings. The lowest BCUT2D eigenvalue weighted by atomic mass is 10.2. The number of fused-ring (bicyclic) bond motifs is 1. The molecule has 1 aliphatic heterocycles. The van der Waals surface area contributed by atoms with Gasteiger partial charge < -0.3 is 14.8 Å². The van der Waals surface area contributed by atoms with Crippen LogP contribution in [0.3, 0.4) is 0 Å². The van der Waals surface area contributed by atoms with Crippen LogP contribution < -0.4 is 19.7 Å². The van der Waals surface area contributed by atoms with E-state index in [1.165, 1.54) is 0 Å². The van der Waals surface area contributed by atoms with Crippen molar-refractivity contribution in [2.45, 2.75) is 23.5 Å². The number of ether oxygens (including phenoxy) is 2. The van der Waals surface area contributed by atoms with E-state index in [0.29, 0.717) is 29.0 Å². The average molecular weight is 358 g/mol. The molecule has 5 nitrogen and oxygen atoms in total. The average Bonchev–Trinajstić information content (AvgIpc) is 2.66. The van der Waals surface area contributed by atoms with Gasteiger partial charge >= 0.3 is 6.03 Å². The summed E-state index contributed by atoms with van der Waals surface area (Å²) >= 11 is 1.84. The van der Waals surface area contributed by atoms with Gasteiger partial charge in [-0.05, 0) is 30.7 Å². The maximum atomic E-state index is 12.9. The molecule has 0 spiro atoms. The quantitative estimate of drug-likeness (QED) is 0.866. The van der Waals surface area contributed by atoms with Gasteiger partial charge in [0.1, 0.15) is 0 Å². The fourth-order valence-electron chi connectivity index (χ4n) is 2.81. The number of amides is 2. The van der Waals surface area contributed by atoms with E-state index in [4.69, 9.17) is 9.47 Å². The molecule has 2 amide bonds. The van der Waals surface area contributed by atoms with Crippen molar-refractivity contribution >= 4 is 29.2 Å². The van der Waals surface area contributed by atoms with Crippen LogP contribution >= 0.6 is 11.8 Å². The van der Waals surface area contributed by atoms with E-state index in [-0.39, 0.29) is 6.03 Å². The lowest BCUT2D eigenvalue weighted by Crippen LogP contribution is -2.41. The topological polar surface area (TPSA) is 50.8 Å². The van der Waals surface area contributed by atoms with Crippen molar-refractivity contribution < 1.29 is 14.3 Å². The van der Waals surface area contributed by atoms with Gasteiger partial charge in [-0.2, -0.15) is 0 Å². The van der Waals surface area contributed by atoms with E-state index < -0.39 is 0 Å². The number of rotatable bonds is 4. The van der Waals surface area contributed by atoms with Crippen molar-refractivity contribution in [1.82, 2.24) is 0 Å². The Hall–Kier alpha value is -2.34. The highest BCUT2D eigenvalue weighted by Crippen LogP contribution is 2.39. The molecule has 0 bridgehead atoms. The smallest absolute Gasteiger partial charge is 0.326 e. The molecule has 1 heterocycles. The van der Waals surface area contributed by atoms with E-state index >= 15 is 0 Å². The molecule has 0 aliphatic carbocycles. The SMILES string of the molecule is CCC1CN(C(=O)Nc2ccc(OC)c(OC)c2)c2ccccc2S1. The van der Waals surface area contributed by atoms with Crippen molar-refractivity contribution in [1.29, 1.82) is 0 Å². The van der Waals surface area contributed by atoms with Crippen molar-refractivity contribution in [2.24, 2.45) is 0 Å². The van der Waals surface area contributed by atoms with Crippen LogP contribution in [0.2, 0.25) is 0 Å². The highest BCUT2D eigenvalue weighted by Gasteiger charge is 2.28. The first-order valence-electron chi connectivity index (χ1n) is 8.22. The standard InChI is InChI=1S/C19H22N2O3S/c1-4-14-12-21(15-7-5-6-8-18(15)25-14)19(22)20-13-9-10-16(23-2)17(11-13)24-3/h5-11,14H,4,12H2,1-3H3,(H,20,22). The lowest BCUT2D eigenvalue weighted by Gasteiger charge is -2.33. The molecule has 1 aliphatic rings. The highest BCUT2D eigenvalue weighted by molar-refractivity contribution is 8.00. The summed E-state index contributed by atoms with van der Waals surface area (Å²) in [6, 6.07) is 13.2. The van der Waals surface area contributed by atoms with Crippen LogP contribution in [0.15, 0.2) is 47.4 Å². The zero-order valence-corrected chi connectivity index (χ0v) is 15.4. The summed E-state index contributed by atoms with van der Waals surface area (Å²) in [5.41, 5.74) is 1.63. The fourth-order valence-corrected chi connectivity index (χ4v) is 4.01. The molecule has 0 radical (unpaired) electrons. The largest absolute Gasteiger partial charge is 0.493 e. The van der Waals surface area contributed by atoms with E-state index in [1.54, 1.807) is 32.4 Å². The number of thioether (sulfide) groups is 1. The van der Waals surface area contributed by atoms with Crippen molar-refractivity contribution in [3.8, 4) is 11.5 Å². The van der Waals surface area contributed by atoms with Crippen LogP contribution in [0.1, 0.15) is 13.3 Å². The second-order valence-corrected chi connectivity index (χ2v) is 7.07. The van der Waals surface area contributed by atoms with Gasteiger partial charge in [0.15, 0.2) is 11.5 Å². The maximum Gasteiger partial charge on any atom is 0.326 e. The third-order valence-corrected chi connectivity index (χ3v) is 5.59. The molecule has 2 aromatic carbocycles. The Bertz CT molecular complexity index is 766. The van der Waals surface area contributed by atoms with Crippen LogP contribution in [0.25, 0.3) is 0 Å². The molecule has 1 unspecified atom stereocenters. The van der Waals surface area contributed by atoms with Crippen LogP contribution in [0.4, 0.5) is 16.2 Å². The van der Waals surface area contributed by atoms with E-state index in [2.05, 4.69) is 18.3 Å². The summed E-state index contributed by atoms with van der Waals surface area (Å²) in [5.74, 6) is 1.22. The number of carbonyl (C=O) groups excluding carboxylic acids is 1. The number of anilines is 2. The monoisotopic (exact) mass is 358 g/mol. The summed E-state index contributed by atoms with van der Waals surface area (Å²) in [5, 5.41) is 3.36. The maximum absolute atomic E-state index is 12.9. The fraction of sp³-hybridized carbons (Fsp3) is 0.316. The highest BCUT2D eigenvalue weighted by atomic mass is 32.2. The zero-order valence-electron chi connectivity index (χ0n) is 14.6. The number of urea groups is 1. The summed E-state index contributed by atoms with van der Waals surface area (Å²) in [4.78, 5) is 15.8. The molecule has 3 rings (SSSR count). The van der Waals surface area contributed by atoms with Gasteiger partial charge in [-0.25, -0.2) is 4.79 Å². The number of para-hydroxylation sites is 1. The molecule has 1 N–H and O–H groups in total. The van der Waals surface area contributed by atoms with Gasteiger partial charge in [0, 0.05) is 28.4 Å². The Kier molecular flexibility index (Phi) is 5.38. The number of nitrogens with zero attached hydrogens (tertiary/aromatic N) is 1. The first-order chi connectivity index (χ1) is 12.2. The molecule has 0 aromatic heterocycles. The van der Waals surface area contributed by atoms with Crippen LogP contribution in [-0.4, -0.2) is 32.0 Å². The van der Waals surface area contributed by atoms with Crippen LogP contribution in [-0.2, 0) is 0 Å². The number of nitrogens with one attached hydrogen (secondary N) is 1. The number of benzene rings is 2. The number of hydrogen-bond acceptors (Lipinski definition) is 4. The third-order valence-electron chi connectivity index (χ3n) is 4.17. The molecule has 0 saturated heterocycles. The van der Waals surface area contributed by atoms with Crippen molar-refractivity contribution in [3.05, 3.63) is 42.5 Å². The zero-order chi connectivity index (χ0) is 17.8. The van der Waals surface area contributed by atoms with Gasteiger partial charge in [-0.15, -0.1) is 11.8 Å². The van der Waals surface area contributed by atoms with Gasteiger partial charge in [0.25, 0.3) is 0 Å². The Morgan fingerprint density at radius 3 is 2.68 bits per heavy atom. The lowest BCUT2D eigenvalue weighted by molar-refractivity contribution is 0.256.